The number of aromatic nitrogens is 3. The van der Waals surface area contributed by atoms with E-state index in [1.165, 1.54) is 12.1 Å². The number of hydrogen-bond acceptors (Lipinski definition) is 0. The van der Waals surface area contributed by atoms with Crippen molar-refractivity contribution in [3.63, 3.8) is 0 Å². The van der Waals surface area contributed by atoms with E-state index < -0.39 is 23.5 Å². The van der Waals surface area contributed by atoms with Crippen molar-refractivity contribution in [2.24, 2.45) is 0 Å². The minimum absolute atomic E-state index is 0.151. The zero-order valence-electron chi connectivity index (χ0n) is 30.9. The van der Waals surface area contributed by atoms with Crippen LogP contribution in [0.5, 0.6) is 0 Å². The largest absolute Gasteiger partial charge is 0.417 e. The van der Waals surface area contributed by atoms with Crippen LogP contribution in [0.15, 0.2) is 176 Å². The molecule has 3 nitrogen and oxygen atoms in total. The molecule has 0 saturated carbocycles. The summed E-state index contributed by atoms with van der Waals surface area (Å²) >= 11 is 0. The van der Waals surface area contributed by atoms with Gasteiger partial charge >= 0.3 is 12.4 Å². The summed E-state index contributed by atoms with van der Waals surface area (Å²) in [6, 6.07) is 54.2. The molecule has 0 atom stereocenters. The molecule has 0 saturated heterocycles. The van der Waals surface area contributed by atoms with Gasteiger partial charge in [0, 0.05) is 49.4 Å². The van der Waals surface area contributed by atoms with E-state index in [0.29, 0.717) is 11.8 Å². The number of hydrogen-bond donors (Lipinski definition) is 0. The average Bonchev–Trinajstić information content (AvgIpc) is 3.88. The van der Waals surface area contributed by atoms with Gasteiger partial charge in [-0.1, -0.05) is 91.0 Å². The molecule has 0 spiro atoms. The lowest BCUT2D eigenvalue weighted by Gasteiger charge is -2.17. The second-order valence-electron chi connectivity index (χ2n) is 14.8. The van der Waals surface area contributed by atoms with Crippen molar-refractivity contribution >= 4 is 65.4 Å². The second-order valence-corrected chi connectivity index (χ2v) is 14.8. The highest BCUT2D eigenvalue weighted by Crippen LogP contribution is 2.43. The van der Waals surface area contributed by atoms with Crippen LogP contribution in [0.3, 0.4) is 0 Å². The maximum Gasteiger partial charge on any atom is 0.417 e. The highest BCUT2D eigenvalue weighted by Gasteiger charge is 2.38. The van der Waals surface area contributed by atoms with Crippen LogP contribution < -0.4 is 0 Å². The molecule has 59 heavy (non-hydrogen) atoms. The molecule has 0 N–H and O–H groups in total. The predicted octanol–water partition coefficient (Wildman–Crippen LogP) is 14.7. The topological polar surface area (TPSA) is 14.8 Å². The van der Waals surface area contributed by atoms with Crippen molar-refractivity contribution in [3.8, 4) is 28.2 Å². The van der Waals surface area contributed by atoms with Gasteiger partial charge in [0.1, 0.15) is 0 Å². The molecule has 0 aliphatic rings. The molecule has 0 amide bonds. The first kappa shape index (κ1) is 34.9. The molecule has 0 aliphatic heterocycles. The number of nitrogens with zero attached hydrogens (tertiary/aromatic N) is 3. The fraction of sp³-hybridized carbons (Fsp3) is 0.0400. The van der Waals surface area contributed by atoms with Gasteiger partial charge in [0.25, 0.3) is 0 Å². The first-order valence-electron chi connectivity index (χ1n) is 19.0. The normalized spacial score (nSPS) is 12.6. The summed E-state index contributed by atoms with van der Waals surface area (Å²) in [6.07, 6.45) is -9.91. The summed E-state index contributed by atoms with van der Waals surface area (Å²) in [6.45, 7) is 0. The summed E-state index contributed by atoms with van der Waals surface area (Å²) in [4.78, 5) is 0. The van der Waals surface area contributed by atoms with E-state index in [2.05, 4.69) is 98.6 Å². The van der Waals surface area contributed by atoms with Gasteiger partial charge in [-0.3, -0.25) is 0 Å². The Balaban J connectivity index is 1.14. The lowest BCUT2D eigenvalue weighted by Crippen LogP contribution is -2.12. The standard InChI is InChI=1S/C50H29F6N3/c51-49(52,53)31-19-24-35(42(27-31)50(54,55)56)30-17-20-32(21-18-30)57-47-25-22-33(58-43-13-5-1-9-36(43)37-10-2-6-14-44(37)58)28-40(47)41-29-34(23-26-48(41)57)59-45-15-7-3-11-38(45)39-12-4-8-16-46(39)59/h1-29H. The molecule has 3 heterocycles. The van der Waals surface area contributed by atoms with Crippen LogP contribution in [0.4, 0.5) is 26.3 Å². The number of fused-ring (bicyclic) bond motifs is 9. The highest BCUT2D eigenvalue weighted by atomic mass is 19.4. The number of halogens is 6. The molecule has 3 aromatic heterocycles. The van der Waals surface area contributed by atoms with Crippen LogP contribution in [0.1, 0.15) is 11.1 Å². The third-order valence-corrected chi connectivity index (χ3v) is 11.5. The Morgan fingerprint density at radius 3 is 1.08 bits per heavy atom. The van der Waals surface area contributed by atoms with Gasteiger partial charge in [-0.2, -0.15) is 26.3 Å². The van der Waals surface area contributed by atoms with E-state index in [0.717, 1.165) is 82.9 Å². The Labute approximate surface area is 332 Å². The summed E-state index contributed by atoms with van der Waals surface area (Å²) in [5.74, 6) is 0. The molecule has 11 rings (SSSR count). The molecule has 9 heteroatoms. The van der Waals surface area contributed by atoms with Gasteiger partial charge in [0.2, 0.25) is 0 Å². The van der Waals surface area contributed by atoms with Gasteiger partial charge in [0.15, 0.2) is 0 Å². The minimum atomic E-state index is -5.00. The smallest absolute Gasteiger partial charge is 0.309 e. The molecule has 11 aromatic rings. The molecule has 286 valence electrons. The monoisotopic (exact) mass is 785 g/mol. The zero-order chi connectivity index (χ0) is 40.2. The van der Waals surface area contributed by atoms with Crippen molar-refractivity contribution in [1.82, 2.24) is 13.7 Å². The van der Waals surface area contributed by atoms with Gasteiger partial charge in [0.05, 0.1) is 44.2 Å². The lowest BCUT2D eigenvalue weighted by atomic mass is 9.96. The Kier molecular flexibility index (Phi) is 7.47. The van der Waals surface area contributed by atoms with E-state index in [-0.39, 0.29) is 17.2 Å². The fourth-order valence-corrected chi connectivity index (χ4v) is 8.95. The quantitative estimate of drug-likeness (QED) is 0.158. The van der Waals surface area contributed by atoms with E-state index in [1.807, 2.05) is 48.5 Å². The third kappa shape index (κ3) is 5.38. The van der Waals surface area contributed by atoms with Crippen LogP contribution in [0.25, 0.3) is 93.6 Å². The molecule has 8 aromatic carbocycles. The molecule has 0 fully saturated rings. The van der Waals surface area contributed by atoms with Gasteiger partial charge in [-0.25, -0.2) is 0 Å². The second kappa shape index (κ2) is 12.6. The van der Waals surface area contributed by atoms with Crippen LogP contribution in [0.2, 0.25) is 0 Å². The van der Waals surface area contributed by atoms with Gasteiger partial charge < -0.3 is 13.7 Å². The Morgan fingerprint density at radius 1 is 0.305 bits per heavy atom. The van der Waals surface area contributed by atoms with E-state index >= 15 is 0 Å². The van der Waals surface area contributed by atoms with Crippen molar-refractivity contribution in [2.75, 3.05) is 0 Å². The number of benzene rings is 8. The van der Waals surface area contributed by atoms with E-state index in [9.17, 15) is 26.3 Å². The number of alkyl halides is 6. The molecular weight excluding hydrogens is 757 g/mol. The fourth-order valence-electron chi connectivity index (χ4n) is 8.95. The minimum Gasteiger partial charge on any atom is -0.309 e. The lowest BCUT2D eigenvalue weighted by molar-refractivity contribution is -0.142. The average molecular weight is 786 g/mol. The zero-order valence-corrected chi connectivity index (χ0v) is 30.9. The van der Waals surface area contributed by atoms with Crippen LogP contribution in [0, 0.1) is 0 Å². The molecule has 0 radical (unpaired) electrons. The Hall–Kier alpha value is -7.26. The highest BCUT2D eigenvalue weighted by molar-refractivity contribution is 6.14. The van der Waals surface area contributed by atoms with E-state index in [1.54, 1.807) is 12.1 Å². The van der Waals surface area contributed by atoms with Crippen LogP contribution in [-0.4, -0.2) is 13.7 Å². The summed E-state index contributed by atoms with van der Waals surface area (Å²) in [7, 11) is 0. The maximum atomic E-state index is 14.2. The first-order chi connectivity index (χ1) is 28.5. The summed E-state index contributed by atoms with van der Waals surface area (Å²) < 4.78 is 89.6. The molecule has 0 unspecified atom stereocenters. The predicted molar refractivity (Wildman–Crippen MR) is 225 cm³/mol. The summed E-state index contributed by atoms with van der Waals surface area (Å²) in [5.41, 5.74) is 5.78. The van der Waals surface area contributed by atoms with Crippen LogP contribution in [-0.2, 0) is 12.4 Å². The summed E-state index contributed by atoms with van der Waals surface area (Å²) in [5, 5.41) is 6.49. The van der Waals surface area contributed by atoms with Gasteiger partial charge in [-0.15, -0.1) is 0 Å². The number of rotatable bonds is 4. The Bertz CT molecular complexity index is 3190. The van der Waals surface area contributed by atoms with Crippen LogP contribution >= 0.6 is 0 Å². The maximum absolute atomic E-state index is 14.2. The SMILES string of the molecule is FC(F)(F)c1ccc(-c2ccc(-n3c4ccc(-n5c6ccccc6c6ccccc65)cc4c4cc(-n5c6ccccc6c6ccccc65)ccc43)cc2)c(C(F)(F)F)c1. The van der Waals surface area contributed by atoms with E-state index in [4.69, 9.17) is 0 Å². The van der Waals surface area contributed by atoms with Gasteiger partial charge in [-0.05, 0) is 96.1 Å². The molecular formula is C50H29F6N3. The van der Waals surface area contributed by atoms with Crippen molar-refractivity contribution < 1.29 is 26.3 Å². The third-order valence-electron chi connectivity index (χ3n) is 11.5. The Morgan fingerprint density at radius 2 is 0.678 bits per heavy atom. The first-order valence-corrected chi connectivity index (χ1v) is 19.0. The van der Waals surface area contributed by atoms with Crippen molar-refractivity contribution in [3.05, 3.63) is 187 Å². The molecule has 0 bridgehead atoms. The van der Waals surface area contributed by atoms with Crippen molar-refractivity contribution in [2.45, 2.75) is 12.4 Å². The van der Waals surface area contributed by atoms with Crippen molar-refractivity contribution in [1.29, 1.82) is 0 Å². The molecule has 0 aliphatic carbocycles. The number of para-hydroxylation sites is 4.